The highest BCUT2D eigenvalue weighted by molar-refractivity contribution is 5.74. The third kappa shape index (κ3) is 5.78. The van der Waals surface area contributed by atoms with Crippen molar-refractivity contribution < 1.29 is 9.53 Å². The van der Waals surface area contributed by atoms with Gasteiger partial charge in [-0.15, -0.1) is 0 Å². The molecule has 1 atom stereocenters. The Balaban J connectivity index is 2.22. The van der Waals surface area contributed by atoms with Gasteiger partial charge in [0.25, 0.3) is 0 Å². The molecule has 1 heterocycles. The number of nitrogens with one attached hydrogen (secondary N) is 1. The number of nitrogens with zero attached hydrogens (tertiary/aromatic N) is 2. The highest BCUT2D eigenvalue weighted by Gasteiger charge is 2.21. The van der Waals surface area contributed by atoms with Gasteiger partial charge in [0.15, 0.2) is 0 Å². The van der Waals surface area contributed by atoms with Crippen molar-refractivity contribution in [2.75, 3.05) is 45.9 Å². The van der Waals surface area contributed by atoms with Crippen LogP contribution in [0.5, 0.6) is 0 Å². The van der Waals surface area contributed by atoms with Gasteiger partial charge >= 0.3 is 6.03 Å². The summed E-state index contributed by atoms with van der Waals surface area (Å²) < 4.78 is 5.40. The molecule has 0 spiro atoms. The highest BCUT2D eigenvalue weighted by atomic mass is 16.5. The third-order valence-electron chi connectivity index (χ3n) is 3.77. The summed E-state index contributed by atoms with van der Waals surface area (Å²) in [6.07, 6.45) is 1.93. The topological polar surface area (TPSA) is 44.8 Å². The lowest BCUT2D eigenvalue weighted by Gasteiger charge is -2.26. The van der Waals surface area contributed by atoms with Crippen LogP contribution in [-0.2, 0) is 4.74 Å². The molecule has 1 saturated heterocycles. The van der Waals surface area contributed by atoms with Gasteiger partial charge in [-0.2, -0.15) is 0 Å². The van der Waals surface area contributed by atoms with Crippen LogP contribution in [0.15, 0.2) is 0 Å². The van der Waals surface area contributed by atoms with Crippen molar-refractivity contribution in [1.82, 2.24) is 15.1 Å². The summed E-state index contributed by atoms with van der Waals surface area (Å²) in [6, 6.07) is 0.322. The van der Waals surface area contributed by atoms with Crippen LogP contribution in [0.2, 0.25) is 0 Å². The fourth-order valence-electron chi connectivity index (χ4n) is 2.34. The van der Waals surface area contributed by atoms with E-state index < -0.39 is 0 Å². The summed E-state index contributed by atoms with van der Waals surface area (Å²) in [5, 5.41) is 3.02. The maximum absolute atomic E-state index is 12.1. The first-order valence-corrected chi connectivity index (χ1v) is 7.53. The van der Waals surface area contributed by atoms with Crippen LogP contribution in [0.25, 0.3) is 0 Å². The van der Waals surface area contributed by atoms with Gasteiger partial charge in [-0.1, -0.05) is 13.8 Å². The molecule has 0 aromatic heterocycles. The molecule has 5 nitrogen and oxygen atoms in total. The Bertz CT molecular complexity index is 257. The van der Waals surface area contributed by atoms with Gasteiger partial charge in [-0.05, 0) is 39.4 Å². The normalized spacial score (nSPS) is 20.4. The fourth-order valence-corrected chi connectivity index (χ4v) is 2.34. The summed E-state index contributed by atoms with van der Waals surface area (Å²) in [7, 11) is 0. The maximum atomic E-state index is 12.1. The fraction of sp³-hybridized carbons (Fsp3) is 0.929. The summed E-state index contributed by atoms with van der Waals surface area (Å²) >= 11 is 0. The smallest absolute Gasteiger partial charge is 0.317 e. The third-order valence-corrected chi connectivity index (χ3v) is 3.77. The summed E-state index contributed by atoms with van der Waals surface area (Å²) in [5.41, 5.74) is 0. The molecule has 112 valence electrons. The molecule has 0 radical (unpaired) electrons. The predicted molar refractivity (Wildman–Crippen MR) is 77.4 cm³/mol. The SMILES string of the molecule is CCN(CC)CCCNC(=O)N1CCOCC[C@H]1C. The van der Waals surface area contributed by atoms with Crippen molar-refractivity contribution in [3.05, 3.63) is 0 Å². The number of hydrogen-bond acceptors (Lipinski definition) is 3. The number of hydrogen-bond donors (Lipinski definition) is 1. The molecule has 5 heteroatoms. The van der Waals surface area contributed by atoms with E-state index >= 15 is 0 Å². The molecule has 1 N–H and O–H groups in total. The minimum atomic E-state index is 0.0533. The van der Waals surface area contributed by atoms with E-state index in [0.717, 1.165) is 45.6 Å². The second-order valence-corrected chi connectivity index (χ2v) is 5.06. The molecule has 0 saturated carbocycles. The van der Waals surface area contributed by atoms with Gasteiger partial charge in [-0.25, -0.2) is 4.79 Å². The Hall–Kier alpha value is -0.810. The van der Waals surface area contributed by atoms with Crippen LogP contribution in [0.3, 0.4) is 0 Å². The van der Waals surface area contributed by atoms with Crippen LogP contribution >= 0.6 is 0 Å². The lowest BCUT2D eigenvalue weighted by molar-refractivity contribution is 0.142. The number of carbonyl (C=O) groups excluding carboxylic acids is 1. The number of carbonyl (C=O) groups is 1. The first-order valence-electron chi connectivity index (χ1n) is 7.53. The lowest BCUT2D eigenvalue weighted by Crippen LogP contribution is -2.46. The predicted octanol–water partition coefficient (Wildman–Crippen LogP) is 1.54. The number of amides is 2. The zero-order valence-corrected chi connectivity index (χ0v) is 12.7. The van der Waals surface area contributed by atoms with Crippen molar-refractivity contribution in [1.29, 1.82) is 0 Å². The van der Waals surface area contributed by atoms with Crippen LogP contribution in [0, 0.1) is 0 Å². The average Bonchev–Trinajstić information content (AvgIpc) is 2.63. The Morgan fingerprint density at radius 3 is 2.79 bits per heavy atom. The van der Waals surface area contributed by atoms with E-state index in [2.05, 4.69) is 31.0 Å². The van der Waals surface area contributed by atoms with Gasteiger partial charge < -0.3 is 19.9 Å². The van der Waals surface area contributed by atoms with Gasteiger partial charge in [-0.3, -0.25) is 0 Å². The number of urea groups is 1. The van der Waals surface area contributed by atoms with E-state index in [0.29, 0.717) is 13.2 Å². The highest BCUT2D eigenvalue weighted by Crippen LogP contribution is 2.08. The molecule has 1 fully saturated rings. The van der Waals surface area contributed by atoms with Crippen LogP contribution in [0.1, 0.15) is 33.6 Å². The van der Waals surface area contributed by atoms with Crippen molar-refractivity contribution in [3.63, 3.8) is 0 Å². The van der Waals surface area contributed by atoms with Crippen LogP contribution < -0.4 is 5.32 Å². The standard InChI is InChI=1S/C14H29N3O2/c1-4-16(5-2)9-6-8-15-14(18)17-10-12-19-11-7-13(17)3/h13H,4-12H2,1-3H3,(H,15,18)/t13-/m1/s1. The molecule has 2 amide bonds. The Labute approximate surface area is 117 Å². The zero-order chi connectivity index (χ0) is 14.1. The quantitative estimate of drug-likeness (QED) is 0.745. The van der Waals surface area contributed by atoms with E-state index in [1.807, 2.05) is 4.90 Å². The average molecular weight is 271 g/mol. The summed E-state index contributed by atoms with van der Waals surface area (Å²) in [6.45, 7) is 12.5. The minimum absolute atomic E-state index is 0.0533. The molecule has 1 rings (SSSR count). The van der Waals surface area contributed by atoms with E-state index in [1.165, 1.54) is 0 Å². The molecule has 0 aliphatic carbocycles. The molecule has 0 unspecified atom stereocenters. The first-order chi connectivity index (χ1) is 9.19. The number of rotatable bonds is 6. The zero-order valence-electron chi connectivity index (χ0n) is 12.7. The molecule has 19 heavy (non-hydrogen) atoms. The monoisotopic (exact) mass is 271 g/mol. The van der Waals surface area contributed by atoms with Crippen LogP contribution in [-0.4, -0.2) is 67.8 Å². The molecular weight excluding hydrogens is 242 g/mol. The minimum Gasteiger partial charge on any atom is -0.380 e. The van der Waals surface area contributed by atoms with Gasteiger partial charge in [0.05, 0.1) is 6.61 Å². The summed E-state index contributed by atoms with van der Waals surface area (Å²) in [4.78, 5) is 16.4. The van der Waals surface area contributed by atoms with E-state index in [9.17, 15) is 4.79 Å². The van der Waals surface area contributed by atoms with E-state index in [-0.39, 0.29) is 12.1 Å². The van der Waals surface area contributed by atoms with Crippen molar-refractivity contribution in [2.24, 2.45) is 0 Å². The largest absolute Gasteiger partial charge is 0.380 e. The number of ether oxygens (including phenoxy) is 1. The molecule has 1 aliphatic rings. The van der Waals surface area contributed by atoms with E-state index in [4.69, 9.17) is 4.74 Å². The maximum Gasteiger partial charge on any atom is 0.317 e. The van der Waals surface area contributed by atoms with Crippen LogP contribution in [0.4, 0.5) is 4.79 Å². The van der Waals surface area contributed by atoms with Gasteiger partial charge in [0, 0.05) is 25.7 Å². The summed E-state index contributed by atoms with van der Waals surface area (Å²) in [5.74, 6) is 0. The van der Waals surface area contributed by atoms with Gasteiger partial charge in [0.2, 0.25) is 0 Å². The lowest BCUT2D eigenvalue weighted by atomic mass is 10.2. The molecule has 0 aromatic rings. The molecule has 1 aliphatic heterocycles. The molecule has 0 bridgehead atoms. The van der Waals surface area contributed by atoms with Gasteiger partial charge in [0.1, 0.15) is 0 Å². The molecular formula is C14H29N3O2. The Kier molecular flexibility index (Phi) is 7.82. The van der Waals surface area contributed by atoms with Crippen molar-refractivity contribution >= 4 is 6.03 Å². The van der Waals surface area contributed by atoms with Crippen molar-refractivity contribution in [2.45, 2.75) is 39.7 Å². The second kappa shape index (κ2) is 9.15. The van der Waals surface area contributed by atoms with E-state index in [1.54, 1.807) is 0 Å². The molecule has 0 aromatic carbocycles. The second-order valence-electron chi connectivity index (χ2n) is 5.06. The first kappa shape index (κ1) is 16.2. The van der Waals surface area contributed by atoms with Crippen molar-refractivity contribution in [3.8, 4) is 0 Å². The Morgan fingerprint density at radius 1 is 1.37 bits per heavy atom. The Morgan fingerprint density at radius 2 is 2.11 bits per heavy atom.